The number of hydrogen-bond acceptors (Lipinski definition) is 7. The van der Waals surface area contributed by atoms with Crippen molar-refractivity contribution in [3.05, 3.63) is 65.7 Å². The minimum Gasteiger partial charge on any atom is -0.507 e. The molecule has 0 radical (unpaired) electrons. The summed E-state index contributed by atoms with van der Waals surface area (Å²) in [7, 11) is 0. The number of nitrogens with zero attached hydrogens (tertiary/aromatic N) is 1. The molecule has 3 N–H and O–H groups in total. The van der Waals surface area contributed by atoms with E-state index in [1.807, 2.05) is 18.2 Å². The molecule has 1 aromatic heterocycles. The molecule has 1 amide bonds. The number of nitrogens with one attached hydrogen (secondary N) is 2. The Bertz CT molecular complexity index is 1450. The van der Waals surface area contributed by atoms with Crippen LogP contribution in [0.3, 0.4) is 0 Å². The number of aromatic nitrogens is 1. The van der Waals surface area contributed by atoms with Gasteiger partial charge >= 0.3 is 0 Å². The number of ether oxygens (including phenoxy) is 2. The molecule has 4 aromatic rings. The summed E-state index contributed by atoms with van der Waals surface area (Å²) in [6.45, 7) is 4.44. The number of fused-ring (bicyclic) bond motifs is 2. The van der Waals surface area contributed by atoms with E-state index in [0.29, 0.717) is 45.7 Å². The first kappa shape index (κ1) is 22.7. The maximum absolute atomic E-state index is 12.5. The van der Waals surface area contributed by atoms with Gasteiger partial charge in [-0.15, -0.1) is 0 Å². The highest BCUT2D eigenvalue weighted by atomic mass is 32.1. The van der Waals surface area contributed by atoms with Crippen LogP contribution in [0.15, 0.2) is 59.0 Å². The van der Waals surface area contributed by atoms with E-state index in [2.05, 4.69) is 29.5 Å². The van der Waals surface area contributed by atoms with Crippen molar-refractivity contribution < 1.29 is 23.8 Å². The van der Waals surface area contributed by atoms with Crippen LogP contribution in [0.5, 0.6) is 17.2 Å². The molecule has 0 aliphatic carbocycles. The summed E-state index contributed by atoms with van der Waals surface area (Å²) in [5.74, 6) is 1.41. The summed E-state index contributed by atoms with van der Waals surface area (Å²) >= 11 is 5.26. The number of anilines is 1. The lowest BCUT2D eigenvalue weighted by Crippen LogP contribution is -2.34. The fourth-order valence-corrected chi connectivity index (χ4v) is 3.98. The number of phenolic OH excluding ortho intramolecular Hbond substituents is 1. The van der Waals surface area contributed by atoms with Crippen molar-refractivity contribution in [2.75, 3.05) is 12.1 Å². The van der Waals surface area contributed by atoms with Gasteiger partial charge in [-0.05, 0) is 72.6 Å². The van der Waals surface area contributed by atoms with Gasteiger partial charge in [-0.3, -0.25) is 10.1 Å². The van der Waals surface area contributed by atoms with Crippen LogP contribution in [0.4, 0.5) is 5.69 Å². The van der Waals surface area contributed by atoms with Crippen LogP contribution >= 0.6 is 12.2 Å². The monoisotopic (exact) mass is 489 g/mol. The van der Waals surface area contributed by atoms with Crippen LogP contribution in [0.25, 0.3) is 22.6 Å². The minimum atomic E-state index is -0.398. The molecule has 35 heavy (non-hydrogen) atoms. The van der Waals surface area contributed by atoms with Crippen molar-refractivity contribution >= 4 is 40.0 Å². The first-order valence-electron chi connectivity index (χ1n) is 11.2. The number of benzene rings is 3. The molecule has 1 aliphatic heterocycles. The number of carbonyl (C=O) groups is 1. The second kappa shape index (κ2) is 9.27. The van der Waals surface area contributed by atoms with Gasteiger partial charge in [-0.2, -0.15) is 0 Å². The zero-order valence-corrected chi connectivity index (χ0v) is 19.9. The third-order valence-corrected chi connectivity index (χ3v) is 6.14. The second-order valence-electron chi connectivity index (χ2n) is 8.26. The molecule has 8 nitrogen and oxygen atoms in total. The summed E-state index contributed by atoms with van der Waals surface area (Å²) < 4.78 is 16.4. The maximum Gasteiger partial charge on any atom is 0.257 e. The number of thiocarbonyl (C=S) groups is 1. The Hall–Kier alpha value is -4.11. The van der Waals surface area contributed by atoms with Crippen molar-refractivity contribution in [2.24, 2.45) is 0 Å². The van der Waals surface area contributed by atoms with E-state index in [1.165, 1.54) is 11.6 Å². The van der Waals surface area contributed by atoms with Crippen molar-refractivity contribution in [3.8, 4) is 28.7 Å². The molecular formula is C26H23N3O5S. The largest absolute Gasteiger partial charge is 0.507 e. The van der Waals surface area contributed by atoms with Crippen molar-refractivity contribution in [1.29, 1.82) is 0 Å². The van der Waals surface area contributed by atoms with Gasteiger partial charge in [0.25, 0.3) is 5.91 Å². The highest BCUT2D eigenvalue weighted by Gasteiger charge is 2.18. The Morgan fingerprint density at radius 3 is 2.74 bits per heavy atom. The lowest BCUT2D eigenvalue weighted by atomic mass is 9.98. The van der Waals surface area contributed by atoms with Gasteiger partial charge in [-0.25, -0.2) is 4.98 Å². The molecular weight excluding hydrogens is 466 g/mol. The topological polar surface area (TPSA) is 106 Å². The van der Waals surface area contributed by atoms with E-state index in [9.17, 15) is 9.90 Å². The Kier molecular flexibility index (Phi) is 6.00. The molecule has 1 unspecified atom stereocenters. The van der Waals surface area contributed by atoms with Gasteiger partial charge in [0.1, 0.15) is 11.3 Å². The zero-order valence-electron chi connectivity index (χ0n) is 19.1. The summed E-state index contributed by atoms with van der Waals surface area (Å²) in [6.07, 6.45) is 1.03. The first-order valence-corrected chi connectivity index (χ1v) is 11.6. The van der Waals surface area contributed by atoms with E-state index < -0.39 is 5.91 Å². The molecule has 0 saturated carbocycles. The van der Waals surface area contributed by atoms with Crippen LogP contribution in [-0.2, 0) is 0 Å². The van der Waals surface area contributed by atoms with Crippen molar-refractivity contribution in [2.45, 2.75) is 26.2 Å². The normalized spacial score (nSPS) is 13.0. The van der Waals surface area contributed by atoms with Gasteiger partial charge in [0.2, 0.25) is 12.7 Å². The Morgan fingerprint density at radius 2 is 1.94 bits per heavy atom. The number of hydrogen-bond donors (Lipinski definition) is 3. The van der Waals surface area contributed by atoms with Crippen LogP contribution in [0, 0.1) is 0 Å². The third kappa shape index (κ3) is 4.63. The van der Waals surface area contributed by atoms with Gasteiger partial charge in [0.15, 0.2) is 22.2 Å². The third-order valence-electron chi connectivity index (χ3n) is 5.94. The number of phenols is 1. The van der Waals surface area contributed by atoms with E-state index in [1.54, 1.807) is 30.3 Å². The van der Waals surface area contributed by atoms with Gasteiger partial charge < -0.3 is 24.3 Å². The first-order chi connectivity index (χ1) is 16.9. The summed E-state index contributed by atoms with van der Waals surface area (Å²) in [5, 5.41) is 16.2. The quantitative estimate of drug-likeness (QED) is 0.313. The predicted molar refractivity (Wildman–Crippen MR) is 136 cm³/mol. The second-order valence-corrected chi connectivity index (χ2v) is 8.67. The molecule has 2 heterocycles. The van der Waals surface area contributed by atoms with E-state index in [-0.39, 0.29) is 17.7 Å². The summed E-state index contributed by atoms with van der Waals surface area (Å²) in [5.41, 5.74) is 3.92. The van der Waals surface area contributed by atoms with Crippen molar-refractivity contribution in [1.82, 2.24) is 10.3 Å². The lowest BCUT2D eigenvalue weighted by Gasteiger charge is -2.11. The number of amides is 1. The fourth-order valence-electron chi connectivity index (χ4n) is 3.77. The Morgan fingerprint density at radius 1 is 1.11 bits per heavy atom. The number of oxazole rings is 1. The van der Waals surface area contributed by atoms with E-state index in [0.717, 1.165) is 11.9 Å². The fraction of sp³-hybridized carbons (Fsp3) is 0.192. The standard InChI is InChI=1S/C26H23N3O5S/c1-3-14(2)15-4-8-21-19(10-15)28-25(34-21)18-7-6-17(12-20(18)30)27-26(35)29-24(31)16-5-9-22-23(11-16)33-13-32-22/h4-12,14,30H,3,13H2,1-2H3,(H2,27,29,31,35). The Balaban J connectivity index is 1.28. The molecule has 1 atom stereocenters. The molecule has 5 rings (SSSR count). The van der Waals surface area contributed by atoms with Gasteiger partial charge in [0.05, 0.1) is 5.56 Å². The van der Waals surface area contributed by atoms with Gasteiger partial charge in [-0.1, -0.05) is 19.9 Å². The lowest BCUT2D eigenvalue weighted by molar-refractivity contribution is 0.0977. The molecule has 3 aromatic carbocycles. The highest BCUT2D eigenvalue weighted by Crippen LogP contribution is 2.34. The molecule has 178 valence electrons. The Labute approximate surface area is 206 Å². The number of rotatable bonds is 5. The van der Waals surface area contributed by atoms with E-state index in [4.69, 9.17) is 26.1 Å². The summed E-state index contributed by atoms with van der Waals surface area (Å²) in [6, 6.07) is 15.7. The minimum absolute atomic E-state index is 0.0337. The average Bonchev–Trinajstić information content (AvgIpc) is 3.49. The van der Waals surface area contributed by atoms with Crippen LogP contribution < -0.4 is 20.1 Å². The maximum atomic E-state index is 12.5. The number of carbonyl (C=O) groups excluding carboxylic acids is 1. The molecule has 9 heteroatoms. The molecule has 1 aliphatic rings. The van der Waals surface area contributed by atoms with Crippen LogP contribution in [-0.4, -0.2) is 27.9 Å². The average molecular weight is 490 g/mol. The number of aromatic hydroxyl groups is 1. The zero-order chi connectivity index (χ0) is 24.5. The molecule has 0 bridgehead atoms. The molecule has 0 spiro atoms. The molecule has 0 saturated heterocycles. The smallest absolute Gasteiger partial charge is 0.257 e. The predicted octanol–water partition coefficient (Wildman–Crippen LogP) is 5.57. The van der Waals surface area contributed by atoms with E-state index >= 15 is 0 Å². The van der Waals surface area contributed by atoms with Crippen LogP contribution in [0.2, 0.25) is 0 Å². The highest BCUT2D eigenvalue weighted by molar-refractivity contribution is 7.80. The van der Waals surface area contributed by atoms with Crippen molar-refractivity contribution in [3.63, 3.8) is 0 Å². The molecule has 0 fully saturated rings. The summed E-state index contributed by atoms with van der Waals surface area (Å²) in [4.78, 5) is 17.1. The van der Waals surface area contributed by atoms with Gasteiger partial charge in [0, 0.05) is 17.3 Å². The SMILES string of the molecule is CCC(C)c1ccc2oc(-c3ccc(NC(=S)NC(=O)c4ccc5c(c4)OCO5)cc3O)nc2c1. The van der Waals surface area contributed by atoms with Crippen LogP contribution in [0.1, 0.15) is 42.1 Å².